The van der Waals surface area contributed by atoms with Gasteiger partial charge in [0, 0.05) is 23.7 Å². The van der Waals surface area contributed by atoms with Crippen LogP contribution >= 0.6 is 0 Å². The first-order chi connectivity index (χ1) is 16.6. The van der Waals surface area contributed by atoms with Gasteiger partial charge >= 0.3 is 18.0 Å². The van der Waals surface area contributed by atoms with Crippen molar-refractivity contribution in [1.82, 2.24) is 20.9 Å². The Bertz CT molecular complexity index is 1150. The first kappa shape index (κ1) is 25.8. The summed E-state index contributed by atoms with van der Waals surface area (Å²) < 4.78 is 42.0. The van der Waals surface area contributed by atoms with E-state index in [2.05, 4.69) is 25.5 Å². The molecule has 35 heavy (non-hydrogen) atoms. The van der Waals surface area contributed by atoms with Crippen LogP contribution in [0, 0.1) is 0 Å². The van der Waals surface area contributed by atoms with Gasteiger partial charge in [-0.15, -0.1) is 0 Å². The van der Waals surface area contributed by atoms with Gasteiger partial charge in [0.1, 0.15) is 0 Å². The summed E-state index contributed by atoms with van der Waals surface area (Å²) in [6.45, 7) is 2.44. The number of amides is 1. The zero-order chi connectivity index (χ0) is 25.4. The van der Waals surface area contributed by atoms with Gasteiger partial charge in [-0.1, -0.05) is 41.6 Å². The van der Waals surface area contributed by atoms with E-state index in [-0.39, 0.29) is 36.4 Å². The monoisotopic (exact) mass is 492 g/mol. The highest BCUT2D eigenvalue weighted by atomic mass is 19.4. The molecule has 1 unspecified atom stereocenters. The number of rotatable bonds is 11. The number of aliphatic carboxylic acids is 1. The second kappa shape index (κ2) is 11.6. The summed E-state index contributed by atoms with van der Waals surface area (Å²) in [6, 6.07) is 12.7. The number of nitrogens with zero attached hydrogens (tertiary/aromatic N) is 2. The molecule has 186 valence electrons. The maximum absolute atomic E-state index is 12.6. The molecule has 0 aliphatic heterocycles. The maximum atomic E-state index is 12.6. The molecule has 1 aromatic heterocycles. The van der Waals surface area contributed by atoms with Gasteiger partial charge in [-0.3, -0.25) is 14.4 Å². The number of carboxylic acids is 1. The number of carboxylic acid groups (broad SMARTS) is 1. The minimum absolute atomic E-state index is 0.0900. The van der Waals surface area contributed by atoms with Gasteiger partial charge in [0.05, 0.1) is 13.0 Å². The third-order valence-electron chi connectivity index (χ3n) is 4.92. The molecule has 0 saturated heterocycles. The third-order valence-corrected chi connectivity index (χ3v) is 4.92. The van der Waals surface area contributed by atoms with E-state index in [4.69, 9.17) is 9.94 Å². The summed E-state index contributed by atoms with van der Waals surface area (Å²) in [5.74, 6) is -2.94. The molecule has 0 spiro atoms. The molecule has 0 fully saturated rings. The Morgan fingerprint density at radius 1 is 1.11 bits per heavy atom. The second-order valence-electron chi connectivity index (χ2n) is 7.68. The molecule has 0 bridgehead atoms. The standard InChI is InChI=1S/C23H23F3N4O5/c1-14(10-11-27-34-13-18-5-3-2-4-17(18)12-19(31)32)28-21(33)16-8-6-15(7-9-16)20-29-22(35-30-20)23(24,25)26/h2-9,14,27H,10-13H2,1H3,(H,28,33)(H,31,32). The average molecular weight is 492 g/mol. The second-order valence-corrected chi connectivity index (χ2v) is 7.68. The number of hydrogen-bond donors (Lipinski definition) is 3. The van der Waals surface area contributed by atoms with E-state index in [1.807, 2.05) is 6.92 Å². The lowest BCUT2D eigenvalue weighted by Gasteiger charge is -2.15. The van der Waals surface area contributed by atoms with Crippen LogP contribution in [0.25, 0.3) is 11.4 Å². The average Bonchev–Trinajstić information content (AvgIpc) is 3.31. The summed E-state index contributed by atoms with van der Waals surface area (Å²) in [5.41, 5.74) is 4.83. The van der Waals surface area contributed by atoms with Crippen molar-refractivity contribution in [3.8, 4) is 11.4 Å². The topological polar surface area (TPSA) is 127 Å². The molecule has 3 N–H and O–H groups in total. The SMILES string of the molecule is CC(CCNOCc1ccccc1CC(=O)O)NC(=O)c1ccc(-c2noc(C(F)(F)F)n2)cc1. The molecule has 0 radical (unpaired) electrons. The predicted octanol–water partition coefficient (Wildman–Crippen LogP) is 3.61. The summed E-state index contributed by atoms with van der Waals surface area (Å²) in [6.07, 6.45) is -4.27. The van der Waals surface area contributed by atoms with Crippen molar-refractivity contribution >= 4 is 11.9 Å². The van der Waals surface area contributed by atoms with E-state index in [1.54, 1.807) is 24.3 Å². The van der Waals surface area contributed by atoms with Crippen LogP contribution in [-0.2, 0) is 28.8 Å². The van der Waals surface area contributed by atoms with Crippen molar-refractivity contribution in [2.24, 2.45) is 0 Å². The van der Waals surface area contributed by atoms with Crippen LogP contribution in [0.3, 0.4) is 0 Å². The zero-order valence-electron chi connectivity index (χ0n) is 18.6. The Morgan fingerprint density at radius 3 is 2.43 bits per heavy atom. The number of carbonyl (C=O) groups is 2. The Balaban J connectivity index is 1.42. The van der Waals surface area contributed by atoms with E-state index in [9.17, 15) is 22.8 Å². The molecule has 12 heteroatoms. The lowest BCUT2D eigenvalue weighted by atomic mass is 10.1. The Hall–Kier alpha value is -3.77. The van der Waals surface area contributed by atoms with Crippen LogP contribution in [0.1, 0.15) is 40.7 Å². The highest BCUT2D eigenvalue weighted by molar-refractivity contribution is 5.94. The largest absolute Gasteiger partial charge is 0.481 e. The lowest BCUT2D eigenvalue weighted by molar-refractivity contribution is -0.159. The molecule has 2 aromatic carbocycles. The summed E-state index contributed by atoms with van der Waals surface area (Å²) in [7, 11) is 0. The minimum atomic E-state index is -4.73. The fourth-order valence-electron chi connectivity index (χ4n) is 3.12. The molecule has 0 aliphatic carbocycles. The van der Waals surface area contributed by atoms with Gasteiger partial charge in [0.25, 0.3) is 5.91 Å². The number of aromatic nitrogens is 2. The predicted molar refractivity (Wildman–Crippen MR) is 117 cm³/mol. The number of hydroxylamine groups is 1. The van der Waals surface area contributed by atoms with Gasteiger partial charge in [-0.2, -0.15) is 18.2 Å². The van der Waals surface area contributed by atoms with Crippen molar-refractivity contribution in [3.05, 3.63) is 71.1 Å². The number of alkyl halides is 3. The van der Waals surface area contributed by atoms with Crippen molar-refractivity contribution in [1.29, 1.82) is 0 Å². The van der Waals surface area contributed by atoms with Crippen molar-refractivity contribution in [2.45, 2.75) is 38.6 Å². The van der Waals surface area contributed by atoms with Crippen molar-refractivity contribution in [2.75, 3.05) is 6.54 Å². The van der Waals surface area contributed by atoms with Crippen LogP contribution in [0.2, 0.25) is 0 Å². The third kappa shape index (κ3) is 7.62. The van der Waals surface area contributed by atoms with Crippen molar-refractivity contribution < 1.29 is 37.2 Å². The molecule has 3 aromatic rings. The molecular weight excluding hydrogens is 469 g/mol. The quantitative estimate of drug-likeness (QED) is 0.274. The van der Waals surface area contributed by atoms with Gasteiger partial charge < -0.3 is 14.9 Å². The normalized spacial score (nSPS) is 12.3. The Morgan fingerprint density at radius 2 is 1.80 bits per heavy atom. The van der Waals surface area contributed by atoms with Crippen LogP contribution in [0.4, 0.5) is 13.2 Å². The molecule has 0 saturated carbocycles. The molecule has 9 nitrogen and oxygen atoms in total. The van der Waals surface area contributed by atoms with Gasteiger partial charge in [-0.25, -0.2) is 5.48 Å². The fourth-order valence-corrected chi connectivity index (χ4v) is 3.12. The smallest absolute Gasteiger partial charge is 0.471 e. The van der Waals surface area contributed by atoms with Gasteiger partial charge in [0.2, 0.25) is 5.82 Å². The first-order valence-corrected chi connectivity index (χ1v) is 10.6. The van der Waals surface area contributed by atoms with E-state index < -0.39 is 18.0 Å². The van der Waals surface area contributed by atoms with Gasteiger partial charge in [0.15, 0.2) is 0 Å². The van der Waals surface area contributed by atoms with E-state index in [1.165, 1.54) is 24.3 Å². The Labute approximate surface area is 198 Å². The zero-order valence-corrected chi connectivity index (χ0v) is 18.6. The molecule has 1 amide bonds. The lowest BCUT2D eigenvalue weighted by Crippen LogP contribution is -2.34. The van der Waals surface area contributed by atoms with Crippen LogP contribution in [0.15, 0.2) is 53.1 Å². The highest BCUT2D eigenvalue weighted by Crippen LogP contribution is 2.29. The molecule has 1 heterocycles. The summed E-state index contributed by atoms with van der Waals surface area (Å²) in [4.78, 5) is 32.1. The van der Waals surface area contributed by atoms with Crippen molar-refractivity contribution in [3.63, 3.8) is 0 Å². The maximum Gasteiger partial charge on any atom is 0.471 e. The summed E-state index contributed by atoms with van der Waals surface area (Å²) >= 11 is 0. The number of benzene rings is 2. The molecule has 1 atom stereocenters. The van der Waals surface area contributed by atoms with Crippen LogP contribution < -0.4 is 10.8 Å². The number of carbonyl (C=O) groups excluding carboxylic acids is 1. The number of nitrogens with one attached hydrogen (secondary N) is 2. The highest BCUT2D eigenvalue weighted by Gasteiger charge is 2.38. The minimum Gasteiger partial charge on any atom is -0.481 e. The van der Waals surface area contributed by atoms with E-state index in [0.29, 0.717) is 24.1 Å². The molecule has 3 rings (SSSR count). The first-order valence-electron chi connectivity index (χ1n) is 10.6. The van der Waals surface area contributed by atoms with E-state index in [0.717, 1.165) is 5.56 Å². The summed E-state index contributed by atoms with van der Waals surface area (Å²) in [5, 5.41) is 15.1. The van der Waals surface area contributed by atoms with Gasteiger partial charge in [-0.05, 0) is 36.6 Å². The molecule has 0 aliphatic rings. The number of hydrogen-bond acceptors (Lipinski definition) is 7. The van der Waals surface area contributed by atoms with E-state index >= 15 is 0 Å². The molecular formula is C23H23F3N4O5. The van der Waals surface area contributed by atoms with Crippen LogP contribution in [-0.4, -0.2) is 39.7 Å². The number of halogens is 3. The fraction of sp³-hybridized carbons (Fsp3) is 0.304. The van der Waals surface area contributed by atoms with Crippen LogP contribution in [0.5, 0.6) is 0 Å². The Kier molecular flexibility index (Phi) is 8.55.